The van der Waals surface area contributed by atoms with E-state index >= 15 is 0 Å². The minimum Gasteiger partial charge on any atom is -0.329 e. The molecule has 3 N–H and O–H groups in total. The second kappa shape index (κ2) is 7.30. The van der Waals surface area contributed by atoms with E-state index in [1.807, 2.05) is 0 Å². The lowest BCUT2D eigenvalue weighted by molar-refractivity contribution is 0.338. The van der Waals surface area contributed by atoms with Crippen LogP contribution in [0.25, 0.3) is 0 Å². The van der Waals surface area contributed by atoms with Crippen LogP contribution in [0.4, 0.5) is 0 Å². The number of nitrogens with one attached hydrogen (secondary N) is 1. The summed E-state index contributed by atoms with van der Waals surface area (Å²) in [5, 5.41) is 3.48. The van der Waals surface area contributed by atoms with Crippen molar-refractivity contribution in [2.24, 2.45) is 11.7 Å². The molecule has 2 unspecified atom stereocenters. The first-order valence-electron chi connectivity index (χ1n) is 5.20. The lowest BCUT2D eigenvalue weighted by Gasteiger charge is -2.23. The van der Waals surface area contributed by atoms with Crippen LogP contribution in [0.1, 0.15) is 20.3 Å². The van der Waals surface area contributed by atoms with Gasteiger partial charge in [0.15, 0.2) is 0 Å². The summed E-state index contributed by atoms with van der Waals surface area (Å²) in [6.45, 7) is 7.30. The zero-order valence-corrected chi connectivity index (χ0v) is 9.51. The molecule has 0 aliphatic rings. The average molecular weight is 187 g/mol. The van der Waals surface area contributed by atoms with Gasteiger partial charge in [-0.05, 0) is 20.0 Å². The average Bonchev–Trinajstić information content (AvgIpc) is 2.11. The molecule has 0 saturated heterocycles. The second-order valence-electron chi connectivity index (χ2n) is 3.99. The first-order chi connectivity index (χ1) is 6.11. The number of nitrogens with zero attached hydrogens (tertiary/aromatic N) is 1. The minimum atomic E-state index is 0.477. The van der Waals surface area contributed by atoms with Crippen LogP contribution in [0, 0.1) is 5.92 Å². The van der Waals surface area contributed by atoms with Crippen molar-refractivity contribution < 1.29 is 0 Å². The van der Waals surface area contributed by atoms with E-state index in [1.54, 1.807) is 0 Å². The Morgan fingerprint density at radius 1 is 1.38 bits per heavy atom. The highest BCUT2D eigenvalue weighted by Gasteiger charge is 2.12. The van der Waals surface area contributed by atoms with E-state index in [-0.39, 0.29) is 0 Å². The predicted octanol–water partition coefficient (Wildman–Crippen LogP) is 0.511. The summed E-state index contributed by atoms with van der Waals surface area (Å²) in [5.74, 6) is 0.673. The Bertz CT molecular complexity index is 115. The van der Waals surface area contributed by atoms with Gasteiger partial charge in [0, 0.05) is 25.7 Å². The lowest BCUT2D eigenvalue weighted by Crippen LogP contribution is -2.43. The zero-order valence-electron chi connectivity index (χ0n) is 9.51. The van der Waals surface area contributed by atoms with E-state index in [0.717, 1.165) is 19.6 Å². The first-order valence-corrected chi connectivity index (χ1v) is 5.20. The highest BCUT2D eigenvalue weighted by molar-refractivity contribution is 4.73. The van der Waals surface area contributed by atoms with Gasteiger partial charge < -0.3 is 16.0 Å². The maximum absolute atomic E-state index is 5.69. The molecule has 0 fully saturated rings. The largest absolute Gasteiger partial charge is 0.329 e. The summed E-state index contributed by atoms with van der Waals surface area (Å²) < 4.78 is 0. The fourth-order valence-corrected chi connectivity index (χ4v) is 1.27. The van der Waals surface area contributed by atoms with Crippen molar-refractivity contribution in [1.29, 1.82) is 0 Å². The van der Waals surface area contributed by atoms with Crippen molar-refractivity contribution in [1.82, 2.24) is 10.2 Å². The van der Waals surface area contributed by atoms with Crippen LogP contribution >= 0.6 is 0 Å². The smallest absolute Gasteiger partial charge is 0.0216 e. The summed E-state index contributed by atoms with van der Waals surface area (Å²) in [5.41, 5.74) is 5.69. The molecule has 0 aromatic carbocycles. The molecular formula is C10H25N3. The predicted molar refractivity (Wildman–Crippen MR) is 58.9 cm³/mol. The highest BCUT2D eigenvalue weighted by Crippen LogP contribution is 2.05. The fraction of sp³-hybridized carbons (Fsp3) is 1.00. The molecule has 0 amide bonds. The van der Waals surface area contributed by atoms with E-state index in [0.29, 0.717) is 12.0 Å². The van der Waals surface area contributed by atoms with Gasteiger partial charge in [-0.3, -0.25) is 0 Å². The SMILES string of the molecule is CCC(C)C(CN)NCCN(C)C. The Labute approximate surface area is 82.7 Å². The number of hydrogen-bond acceptors (Lipinski definition) is 3. The molecule has 80 valence electrons. The van der Waals surface area contributed by atoms with Crippen LogP contribution in [0.15, 0.2) is 0 Å². The summed E-state index contributed by atoms with van der Waals surface area (Å²) in [4.78, 5) is 2.18. The monoisotopic (exact) mass is 187 g/mol. The molecule has 0 heterocycles. The number of nitrogens with two attached hydrogens (primary N) is 1. The third kappa shape index (κ3) is 6.02. The first kappa shape index (κ1) is 12.9. The lowest BCUT2D eigenvalue weighted by atomic mass is 9.99. The molecule has 3 heteroatoms. The van der Waals surface area contributed by atoms with Gasteiger partial charge in [0.25, 0.3) is 0 Å². The van der Waals surface area contributed by atoms with Crippen molar-refractivity contribution in [3.63, 3.8) is 0 Å². The number of hydrogen-bond donors (Lipinski definition) is 2. The topological polar surface area (TPSA) is 41.3 Å². The summed E-state index contributed by atoms with van der Waals surface area (Å²) >= 11 is 0. The Hall–Kier alpha value is -0.120. The molecule has 0 aromatic rings. The van der Waals surface area contributed by atoms with Crippen molar-refractivity contribution in [3.8, 4) is 0 Å². The van der Waals surface area contributed by atoms with Crippen LogP contribution in [0.2, 0.25) is 0 Å². The molecule has 13 heavy (non-hydrogen) atoms. The van der Waals surface area contributed by atoms with Gasteiger partial charge in [-0.2, -0.15) is 0 Å². The van der Waals surface area contributed by atoms with Gasteiger partial charge in [-0.15, -0.1) is 0 Å². The van der Waals surface area contributed by atoms with Crippen LogP contribution < -0.4 is 11.1 Å². The van der Waals surface area contributed by atoms with Gasteiger partial charge in [0.1, 0.15) is 0 Å². The molecular weight excluding hydrogens is 162 g/mol. The van der Waals surface area contributed by atoms with Gasteiger partial charge in [-0.1, -0.05) is 20.3 Å². The fourth-order valence-electron chi connectivity index (χ4n) is 1.27. The number of likely N-dealkylation sites (N-methyl/N-ethyl adjacent to an activating group) is 1. The number of rotatable bonds is 7. The Morgan fingerprint density at radius 3 is 2.38 bits per heavy atom. The Morgan fingerprint density at radius 2 is 2.00 bits per heavy atom. The van der Waals surface area contributed by atoms with Crippen LogP contribution in [0.3, 0.4) is 0 Å². The maximum atomic E-state index is 5.69. The summed E-state index contributed by atoms with van der Waals surface area (Å²) in [7, 11) is 4.17. The highest BCUT2D eigenvalue weighted by atomic mass is 15.1. The van der Waals surface area contributed by atoms with Gasteiger partial charge in [0.2, 0.25) is 0 Å². The molecule has 0 rings (SSSR count). The van der Waals surface area contributed by atoms with Gasteiger partial charge in [-0.25, -0.2) is 0 Å². The van der Waals surface area contributed by atoms with Crippen LogP contribution in [-0.4, -0.2) is 44.7 Å². The maximum Gasteiger partial charge on any atom is 0.0216 e. The molecule has 3 nitrogen and oxygen atoms in total. The van der Waals surface area contributed by atoms with E-state index in [2.05, 4.69) is 38.2 Å². The second-order valence-corrected chi connectivity index (χ2v) is 3.99. The molecule has 2 atom stereocenters. The summed E-state index contributed by atoms with van der Waals surface area (Å²) in [6, 6.07) is 0.477. The standard InChI is InChI=1S/C10H25N3/c1-5-9(2)10(8-11)12-6-7-13(3)4/h9-10,12H,5-8,11H2,1-4H3. The quantitative estimate of drug-likeness (QED) is 0.610. The van der Waals surface area contributed by atoms with Crippen molar-refractivity contribution in [2.45, 2.75) is 26.3 Å². The van der Waals surface area contributed by atoms with E-state index in [4.69, 9.17) is 5.73 Å². The Balaban J connectivity index is 3.59. The van der Waals surface area contributed by atoms with Crippen molar-refractivity contribution >= 4 is 0 Å². The molecule has 0 saturated carbocycles. The van der Waals surface area contributed by atoms with Crippen molar-refractivity contribution in [2.75, 3.05) is 33.7 Å². The molecule has 0 aliphatic carbocycles. The third-order valence-corrected chi connectivity index (χ3v) is 2.55. The Kier molecular flexibility index (Phi) is 7.23. The normalized spacial score (nSPS) is 16.2. The van der Waals surface area contributed by atoms with Crippen molar-refractivity contribution in [3.05, 3.63) is 0 Å². The van der Waals surface area contributed by atoms with E-state index in [1.165, 1.54) is 6.42 Å². The van der Waals surface area contributed by atoms with E-state index in [9.17, 15) is 0 Å². The molecule has 0 bridgehead atoms. The van der Waals surface area contributed by atoms with Gasteiger partial charge >= 0.3 is 0 Å². The van der Waals surface area contributed by atoms with Crippen LogP contribution in [0.5, 0.6) is 0 Å². The van der Waals surface area contributed by atoms with Gasteiger partial charge in [0.05, 0.1) is 0 Å². The molecule has 0 spiro atoms. The summed E-state index contributed by atoms with van der Waals surface area (Å²) in [6.07, 6.45) is 1.19. The van der Waals surface area contributed by atoms with Crippen LogP contribution in [-0.2, 0) is 0 Å². The molecule has 0 radical (unpaired) electrons. The van der Waals surface area contributed by atoms with E-state index < -0.39 is 0 Å². The third-order valence-electron chi connectivity index (χ3n) is 2.55. The zero-order chi connectivity index (χ0) is 10.3. The molecule has 0 aromatic heterocycles. The molecule has 0 aliphatic heterocycles. The minimum absolute atomic E-state index is 0.477.